The summed E-state index contributed by atoms with van der Waals surface area (Å²) in [6, 6.07) is 2.40. The van der Waals surface area contributed by atoms with Gasteiger partial charge < -0.3 is 4.90 Å². The maximum absolute atomic E-state index is 12.7. The van der Waals surface area contributed by atoms with Crippen LogP contribution in [0.4, 0.5) is 4.39 Å². The quantitative estimate of drug-likeness (QED) is 0.755. The molecule has 104 valence electrons. The van der Waals surface area contributed by atoms with E-state index >= 15 is 0 Å². The average molecular weight is 304 g/mol. The number of carbonyl (C=O) groups excluding carboxylic acids is 1. The number of rotatable bonds is 2. The molecule has 0 radical (unpaired) electrons. The van der Waals surface area contributed by atoms with E-state index in [1.165, 1.54) is 22.7 Å². The van der Waals surface area contributed by atoms with E-state index in [2.05, 4.69) is 4.98 Å². The second-order valence-electron chi connectivity index (χ2n) is 4.23. The Hall–Kier alpha value is -1.15. The molecule has 1 amide bonds. The first-order valence-electron chi connectivity index (χ1n) is 5.59. The molecule has 1 saturated heterocycles. The highest BCUT2D eigenvalue weighted by Crippen LogP contribution is 2.22. The normalized spacial score (nSPS) is 20.3. The molecule has 1 atom stereocenters. The summed E-state index contributed by atoms with van der Waals surface area (Å²) in [5.41, 5.74) is 0.196. The van der Waals surface area contributed by atoms with Crippen LogP contribution in [0.5, 0.6) is 0 Å². The molecule has 2 rings (SSSR count). The van der Waals surface area contributed by atoms with Crippen LogP contribution in [0.1, 0.15) is 10.4 Å². The van der Waals surface area contributed by atoms with Gasteiger partial charge in [0.25, 0.3) is 5.91 Å². The van der Waals surface area contributed by atoms with Gasteiger partial charge in [-0.05, 0) is 12.1 Å². The van der Waals surface area contributed by atoms with Crippen molar-refractivity contribution in [2.45, 2.75) is 5.37 Å². The van der Waals surface area contributed by atoms with Crippen LogP contribution in [0.15, 0.2) is 18.3 Å². The van der Waals surface area contributed by atoms with Crippen molar-refractivity contribution in [3.63, 3.8) is 0 Å². The highest BCUT2D eigenvalue weighted by atomic mass is 32.2. The van der Waals surface area contributed by atoms with Gasteiger partial charge in [-0.15, -0.1) is 0 Å². The molecule has 2 heterocycles. The smallest absolute Gasteiger partial charge is 0.256 e. The maximum atomic E-state index is 12.7. The van der Waals surface area contributed by atoms with Gasteiger partial charge in [0, 0.05) is 30.5 Å². The summed E-state index contributed by atoms with van der Waals surface area (Å²) in [6.45, 7) is 0.360. The number of carbonyl (C=O) groups is 1. The minimum atomic E-state index is -3.35. The lowest BCUT2D eigenvalue weighted by Gasteiger charge is -2.34. The lowest BCUT2D eigenvalue weighted by atomic mass is 10.2. The predicted octanol–water partition coefficient (Wildman–Crippen LogP) is 0.780. The van der Waals surface area contributed by atoms with Crippen molar-refractivity contribution < 1.29 is 17.6 Å². The van der Waals surface area contributed by atoms with E-state index in [9.17, 15) is 17.6 Å². The van der Waals surface area contributed by atoms with Crippen molar-refractivity contribution in [2.24, 2.45) is 0 Å². The van der Waals surface area contributed by atoms with Crippen LogP contribution in [-0.4, -0.2) is 53.9 Å². The number of sulfone groups is 1. The van der Waals surface area contributed by atoms with Crippen molar-refractivity contribution in [3.05, 3.63) is 29.8 Å². The SMILES string of the molecule is CS(=O)(=O)C1CSCCN1C(=O)c1ccc(F)nc1. The van der Waals surface area contributed by atoms with E-state index in [1.807, 2.05) is 0 Å². The molecule has 0 saturated carbocycles. The molecule has 19 heavy (non-hydrogen) atoms. The van der Waals surface area contributed by atoms with Crippen LogP contribution < -0.4 is 0 Å². The van der Waals surface area contributed by atoms with E-state index < -0.39 is 27.1 Å². The zero-order valence-electron chi connectivity index (χ0n) is 10.2. The molecule has 0 spiro atoms. The number of halogens is 1. The van der Waals surface area contributed by atoms with Crippen LogP contribution >= 0.6 is 11.8 Å². The Morgan fingerprint density at radius 2 is 2.26 bits per heavy atom. The minimum Gasteiger partial charge on any atom is -0.320 e. The monoisotopic (exact) mass is 304 g/mol. The number of pyridine rings is 1. The molecule has 0 N–H and O–H groups in total. The summed E-state index contributed by atoms with van der Waals surface area (Å²) in [4.78, 5) is 17.0. The number of hydrogen-bond acceptors (Lipinski definition) is 5. The van der Waals surface area contributed by atoms with Gasteiger partial charge in [0.1, 0.15) is 5.37 Å². The summed E-state index contributed by atoms with van der Waals surface area (Å²) in [5, 5.41) is -0.830. The summed E-state index contributed by atoms with van der Waals surface area (Å²) in [5.74, 6) is -0.0559. The molecule has 1 aromatic heterocycles. The number of thioether (sulfide) groups is 1. The highest BCUT2D eigenvalue weighted by Gasteiger charge is 2.34. The third-order valence-electron chi connectivity index (χ3n) is 2.81. The summed E-state index contributed by atoms with van der Waals surface area (Å²) in [6.07, 6.45) is 2.24. The molecule has 0 aromatic carbocycles. The van der Waals surface area contributed by atoms with Gasteiger partial charge in [-0.3, -0.25) is 4.79 Å². The Kier molecular flexibility index (Phi) is 4.10. The van der Waals surface area contributed by atoms with Gasteiger partial charge in [0.05, 0.1) is 5.56 Å². The molecule has 1 fully saturated rings. The van der Waals surface area contributed by atoms with E-state index in [0.29, 0.717) is 18.1 Å². The van der Waals surface area contributed by atoms with Crippen LogP contribution in [0, 0.1) is 5.95 Å². The molecule has 0 bridgehead atoms. The van der Waals surface area contributed by atoms with Crippen molar-refractivity contribution in [1.29, 1.82) is 0 Å². The van der Waals surface area contributed by atoms with Gasteiger partial charge in [-0.1, -0.05) is 0 Å². The van der Waals surface area contributed by atoms with E-state index in [-0.39, 0.29) is 5.56 Å². The van der Waals surface area contributed by atoms with Crippen LogP contribution in [0.2, 0.25) is 0 Å². The predicted molar refractivity (Wildman–Crippen MR) is 71.2 cm³/mol. The highest BCUT2D eigenvalue weighted by molar-refractivity contribution is 8.00. The summed E-state index contributed by atoms with van der Waals surface area (Å²) >= 11 is 1.50. The van der Waals surface area contributed by atoms with E-state index in [4.69, 9.17) is 0 Å². The topological polar surface area (TPSA) is 67.3 Å². The fourth-order valence-corrected chi connectivity index (χ4v) is 4.65. The molecule has 1 aliphatic rings. The molecule has 1 unspecified atom stereocenters. The van der Waals surface area contributed by atoms with Crippen LogP contribution in [0.25, 0.3) is 0 Å². The molecule has 0 aliphatic carbocycles. The second kappa shape index (κ2) is 5.46. The first-order valence-corrected chi connectivity index (χ1v) is 8.69. The third kappa shape index (κ3) is 3.24. The average Bonchev–Trinajstić information content (AvgIpc) is 2.38. The molecule has 1 aromatic rings. The minimum absolute atomic E-state index is 0.196. The number of hydrogen-bond donors (Lipinski definition) is 0. The van der Waals surface area contributed by atoms with E-state index in [0.717, 1.165) is 18.5 Å². The van der Waals surface area contributed by atoms with E-state index in [1.54, 1.807) is 0 Å². The first kappa shape index (κ1) is 14.3. The van der Waals surface area contributed by atoms with Crippen LogP contribution in [-0.2, 0) is 9.84 Å². The largest absolute Gasteiger partial charge is 0.320 e. The Bertz CT molecular complexity index is 574. The molecule has 8 heteroatoms. The summed E-state index contributed by atoms with van der Waals surface area (Å²) in [7, 11) is -3.35. The fraction of sp³-hybridized carbons (Fsp3) is 0.455. The lowest BCUT2D eigenvalue weighted by molar-refractivity contribution is 0.0749. The Balaban J connectivity index is 2.27. The zero-order chi connectivity index (χ0) is 14.0. The molecular weight excluding hydrogens is 291 g/mol. The van der Waals surface area contributed by atoms with Crippen LogP contribution in [0.3, 0.4) is 0 Å². The Morgan fingerprint density at radius 1 is 1.53 bits per heavy atom. The van der Waals surface area contributed by atoms with Crippen molar-refractivity contribution in [3.8, 4) is 0 Å². The number of aromatic nitrogens is 1. The number of amides is 1. The van der Waals surface area contributed by atoms with Crippen molar-refractivity contribution >= 4 is 27.5 Å². The van der Waals surface area contributed by atoms with Gasteiger partial charge in [-0.2, -0.15) is 16.2 Å². The molecular formula is C11H13FN2O3S2. The van der Waals surface area contributed by atoms with Crippen molar-refractivity contribution in [1.82, 2.24) is 9.88 Å². The maximum Gasteiger partial charge on any atom is 0.256 e. The Labute approximate surface area is 115 Å². The van der Waals surface area contributed by atoms with Gasteiger partial charge >= 0.3 is 0 Å². The Morgan fingerprint density at radius 3 is 2.84 bits per heavy atom. The van der Waals surface area contributed by atoms with Gasteiger partial charge in [0.2, 0.25) is 5.95 Å². The molecule has 5 nitrogen and oxygen atoms in total. The lowest BCUT2D eigenvalue weighted by Crippen LogP contribution is -2.49. The third-order valence-corrected chi connectivity index (χ3v) is 5.46. The first-order chi connectivity index (χ1) is 8.89. The van der Waals surface area contributed by atoms with Crippen molar-refractivity contribution in [2.75, 3.05) is 24.3 Å². The zero-order valence-corrected chi connectivity index (χ0v) is 11.9. The van der Waals surface area contributed by atoms with Gasteiger partial charge in [0.15, 0.2) is 9.84 Å². The molecule has 1 aliphatic heterocycles. The second-order valence-corrected chi connectivity index (χ2v) is 7.58. The number of nitrogens with zero attached hydrogens (tertiary/aromatic N) is 2. The summed E-state index contributed by atoms with van der Waals surface area (Å²) < 4.78 is 36.1. The standard InChI is InChI=1S/C11H13FN2O3S2/c1-19(16,17)10-7-18-5-4-14(10)11(15)8-2-3-9(12)13-6-8/h2-3,6,10H,4-5,7H2,1H3. The fourth-order valence-electron chi connectivity index (χ4n) is 1.84. The van der Waals surface area contributed by atoms with Gasteiger partial charge in [-0.25, -0.2) is 13.4 Å².